The third kappa shape index (κ3) is 4.02. The summed E-state index contributed by atoms with van der Waals surface area (Å²) >= 11 is -2.57. The Morgan fingerprint density at radius 2 is 1.93 bits per heavy atom. The van der Waals surface area contributed by atoms with Gasteiger partial charge in [-0.15, -0.1) is 0 Å². The van der Waals surface area contributed by atoms with Crippen molar-refractivity contribution in [3.8, 4) is 5.75 Å². The Labute approximate surface area is 104 Å². The van der Waals surface area contributed by atoms with Crippen molar-refractivity contribution in [2.45, 2.75) is 11.5 Å². The molecule has 72 valence electrons. The van der Waals surface area contributed by atoms with E-state index in [4.69, 9.17) is 0 Å². The summed E-state index contributed by atoms with van der Waals surface area (Å²) in [5, 5.41) is 0. The van der Waals surface area contributed by atoms with Crippen molar-refractivity contribution in [1.29, 1.82) is 0 Å². The topological polar surface area (TPSA) is 49.4 Å². The maximum absolute atomic E-state index is 11.7. The Kier molecular flexibility index (Phi) is 6.46. The summed E-state index contributed by atoms with van der Waals surface area (Å²) in [4.78, 5) is -0.275. The van der Waals surface area contributed by atoms with E-state index < -0.39 is 17.7 Å². The van der Waals surface area contributed by atoms with Crippen LogP contribution in [0.25, 0.3) is 0 Å². The van der Waals surface area contributed by atoms with Crippen LogP contribution in [-0.2, 0) is 11.1 Å². The molecule has 0 amide bonds. The van der Waals surface area contributed by atoms with Crippen LogP contribution in [0, 0.1) is 0 Å². The van der Waals surface area contributed by atoms with E-state index >= 15 is 0 Å². The summed E-state index contributed by atoms with van der Waals surface area (Å²) in [6.07, 6.45) is 0. The molecule has 3 nitrogen and oxygen atoms in total. The molecule has 0 aromatic heterocycles. The van der Waals surface area contributed by atoms with E-state index in [9.17, 15) is 17.5 Å². The molecule has 0 bridgehead atoms. The van der Waals surface area contributed by atoms with E-state index in [2.05, 4.69) is 4.74 Å². The zero-order valence-electron chi connectivity index (χ0n) is 7.28. The Balaban J connectivity index is 0.00000169. The molecule has 0 aliphatic rings. The maximum atomic E-state index is 11.7. The first-order valence-corrected chi connectivity index (χ1v) is 4.32. The van der Waals surface area contributed by atoms with Gasteiger partial charge in [-0.1, -0.05) is 12.1 Å². The summed E-state index contributed by atoms with van der Waals surface area (Å²) < 4.78 is 48.4. The van der Waals surface area contributed by atoms with E-state index in [1.54, 1.807) is 0 Å². The van der Waals surface area contributed by atoms with Crippen LogP contribution in [-0.4, -0.2) is 15.4 Å². The van der Waals surface area contributed by atoms with Crippen LogP contribution in [0.15, 0.2) is 29.2 Å². The van der Waals surface area contributed by atoms with Gasteiger partial charge in [0, 0.05) is 0 Å². The number of hydrogen-bond acceptors (Lipinski definition) is 3. The molecule has 0 spiro atoms. The number of benzene rings is 1. The normalized spacial score (nSPS) is 12.0. The number of ether oxygens (including phenoxy) is 1. The minimum Gasteiger partial charge on any atom is -0.768 e. The first kappa shape index (κ1) is 14.0. The van der Waals surface area contributed by atoms with Crippen LogP contribution in [0.3, 0.4) is 0 Å². The predicted molar refractivity (Wildman–Crippen MR) is 40.3 cm³/mol. The van der Waals surface area contributed by atoms with Gasteiger partial charge in [0.05, 0.1) is 4.90 Å². The third-order valence-corrected chi connectivity index (χ3v) is 1.94. The average Bonchev–Trinajstić information content (AvgIpc) is 2.03. The summed E-state index contributed by atoms with van der Waals surface area (Å²) in [5.74, 6) is -0.342. The van der Waals surface area contributed by atoms with Gasteiger partial charge in [-0.25, -0.2) is 0 Å². The maximum Gasteiger partial charge on any atom is 1.00 e. The summed E-state index contributed by atoms with van der Waals surface area (Å²) in [5.41, 5.74) is 0. The molecule has 1 aromatic rings. The SMILES string of the molecule is O=S([O-])c1ccccc1OC(F)F.[Na+]. The molecule has 0 N–H and O–H groups in total. The smallest absolute Gasteiger partial charge is 0.768 e. The van der Waals surface area contributed by atoms with Gasteiger partial charge >= 0.3 is 36.2 Å². The van der Waals surface area contributed by atoms with Crippen molar-refractivity contribution in [1.82, 2.24) is 0 Å². The van der Waals surface area contributed by atoms with Gasteiger partial charge < -0.3 is 9.29 Å². The molecule has 0 aliphatic heterocycles. The molecule has 0 saturated carbocycles. The molecule has 0 saturated heterocycles. The Bertz CT molecular complexity index is 322. The van der Waals surface area contributed by atoms with Crippen molar-refractivity contribution in [2.24, 2.45) is 0 Å². The first-order valence-electron chi connectivity index (χ1n) is 3.24. The van der Waals surface area contributed by atoms with Crippen LogP contribution >= 0.6 is 0 Å². The van der Waals surface area contributed by atoms with E-state index in [-0.39, 0.29) is 40.2 Å². The van der Waals surface area contributed by atoms with Crippen LogP contribution < -0.4 is 34.3 Å². The summed E-state index contributed by atoms with van der Waals surface area (Å²) in [6, 6.07) is 5.18. The molecule has 14 heavy (non-hydrogen) atoms. The number of halogens is 2. The zero-order valence-corrected chi connectivity index (χ0v) is 10.1. The Morgan fingerprint density at radius 1 is 1.36 bits per heavy atom. The van der Waals surface area contributed by atoms with Crippen LogP contribution in [0.1, 0.15) is 0 Å². The molecule has 0 fully saturated rings. The molecule has 0 radical (unpaired) electrons. The first-order chi connectivity index (χ1) is 6.11. The molecule has 0 aliphatic carbocycles. The van der Waals surface area contributed by atoms with Crippen molar-refractivity contribution in [3.05, 3.63) is 24.3 Å². The third-order valence-electron chi connectivity index (χ3n) is 1.24. The van der Waals surface area contributed by atoms with E-state index in [0.29, 0.717) is 0 Å². The fourth-order valence-electron chi connectivity index (χ4n) is 0.781. The van der Waals surface area contributed by atoms with Gasteiger partial charge in [-0.05, 0) is 23.2 Å². The van der Waals surface area contributed by atoms with E-state index in [0.717, 1.165) is 6.07 Å². The number of alkyl halides is 2. The average molecular weight is 230 g/mol. The van der Waals surface area contributed by atoms with Gasteiger partial charge in [0.1, 0.15) is 5.75 Å². The van der Waals surface area contributed by atoms with Crippen molar-refractivity contribution in [2.75, 3.05) is 0 Å². The number of para-hydroxylation sites is 1. The minimum absolute atomic E-state index is 0. The second kappa shape index (κ2) is 6.47. The fraction of sp³-hybridized carbons (Fsp3) is 0.143. The van der Waals surface area contributed by atoms with Crippen molar-refractivity contribution < 1.29 is 51.8 Å². The predicted octanol–water partition coefficient (Wildman–Crippen LogP) is -1.47. The van der Waals surface area contributed by atoms with E-state index in [1.165, 1.54) is 18.2 Å². The number of rotatable bonds is 3. The molecule has 1 atom stereocenters. The van der Waals surface area contributed by atoms with Crippen LogP contribution in [0.2, 0.25) is 0 Å². The summed E-state index contributed by atoms with van der Waals surface area (Å²) in [7, 11) is 0. The molecule has 7 heteroatoms. The van der Waals surface area contributed by atoms with E-state index in [1.807, 2.05) is 0 Å². The monoisotopic (exact) mass is 230 g/mol. The molecular weight excluding hydrogens is 225 g/mol. The molecule has 1 unspecified atom stereocenters. The Morgan fingerprint density at radius 3 is 2.43 bits per heavy atom. The number of hydrogen-bond donors (Lipinski definition) is 0. The zero-order chi connectivity index (χ0) is 9.84. The molecule has 0 heterocycles. The molecule has 1 aromatic carbocycles. The van der Waals surface area contributed by atoms with Crippen LogP contribution in [0.5, 0.6) is 5.75 Å². The van der Waals surface area contributed by atoms with Gasteiger partial charge in [-0.2, -0.15) is 8.78 Å². The van der Waals surface area contributed by atoms with Crippen molar-refractivity contribution >= 4 is 11.1 Å². The fourth-order valence-corrected chi connectivity index (χ4v) is 1.25. The van der Waals surface area contributed by atoms with Gasteiger partial charge in [-0.3, -0.25) is 4.21 Å². The van der Waals surface area contributed by atoms with Crippen LogP contribution in [0.4, 0.5) is 8.78 Å². The van der Waals surface area contributed by atoms with Gasteiger partial charge in [0.25, 0.3) is 0 Å². The van der Waals surface area contributed by atoms with Gasteiger partial charge in [0.2, 0.25) is 0 Å². The standard InChI is InChI=1S/C7H6F2O3S.Na/c8-7(9)12-5-3-1-2-4-6(5)13(10)11;/h1-4,7H,(H,10,11);/q;+1/p-1. The minimum atomic E-state index is -3.02. The quantitative estimate of drug-likeness (QED) is 0.470. The second-order valence-electron chi connectivity index (χ2n) is 2.06. The van der Waals surface area contributed by atoms with Gasteiger partial charge in [0.15, 0.2) is 0 Å². The Hall–Kier alpha value is -0.0100. The summed E-state index contributed by atoms with van der Waals surface area (Å²) in [6.45, 7) is -3.02. The molecule has 1 rings (SSSR count). The molecular formula is C7H5F2NaO3S. The second-order valence-corrected chi connectivity index (χ2v) is 2.97. The largest absolute Gasteiger partial charge is 1.00 e. The van der Waals surface area contributed by atoms with Crippen molar-refractivity contribution in [3.63, 3.8) is 0 Å².